The summed E-state index contributed by atoms with van der Waals surface area (Å²) in [5.41, 5.74) is 0.600. The Hall–Kier alpha value is -2.87. The zero-order valence-electron chi connectivity index (χ0n) is 11.8. The third kappa shape index (κ3) is 2.64. The fraction of sp³-hybridized carbons (Fsp3) is 0.0667. The SMILES string of the molecule is O=[N+]([O-])c1ccccc1S(=O)(=O)N1C=COCc2ccccc21. The molecule has 0 bridgehead atoms. The molecule has 0 unspecified atom stereocenters. The molecule has 1 aliphatic heterocycles. The van der Waals surface area contributed by atoms with Crippen LogP contribution >= 0.6 is 0 Å². The molecule has 2 aromatic rings. The number of nitro benzene ring substituents is 1. The van der Waals surface area contributed by atoms with Gasteiger partial charge >= 0.3 is 0 Å². The Morgan fingerprint density at radius 1 is 1.09 bits per heavy atom. The van der Waals surface area contributed by atoms with Crippen LogP contribution in [-0.2, 0) is 21.4 Å². The van der Waals surface area contributed by atoms with Gasteiger partial charge in [-0.3, -0.25) is 10.1 Å². The van der Waals surface area contributed by atoms with Gasteiger partial charge < -0.3 is 4.74 Å². The third-order valence-electron chi connectivity index (χ3n) is 3.36. The van der Waals surface area contributed by atoms with Crippen LogP contribution in [0, 0.1) is 10.1 Å². The molecule has 0 N–H and O–H groups in total. The van der Waals surface area contributed by atoms with Crippen molar-refractivity contribution in [3.05, 3.63) is 76.7 Å². The van der Waals surface area contributed by atoms with E-state index in [0.29, 0.717) is 11.3 Å². The quantitative estimate of drug-likeness (QED) is 0.637. The fourth-order valence-electron chi connectivity index (χ4n) is 2.31. The Kier molecular flexibility index (Phi) is 3.75. The highest BCUT2D eigenvalue weighted by molar-refractivity contribution is 7.93. The Labute approximate surface area is 132 Å². The highest BCUT2D eigenvalue weighted by atomic mass is 32.2. The summed E-state index contributed by atoms with van der Waals surface area (Å²) in [5.74, 6) is 0. The van der Waals surface area contributed by atoms with Crippen LogP contribution in [0.2, 0.25) is 0 Å². The van der Waals surface area contributed by atoms with Gasteiger partial charge in [0.25, 0.3) is 15.7 Å². The molecule has 23 heavy (non-hydrogen) atoms. The lowest BCUT2D eigenvalue weighted by atomic mass is 10.2. The molecule has 118 valence electrons. The van der Waals surface area contributed by atoms with Crippen LogP contribution in [0.15, 0.2) is 65.9 Å². The first kappa shape index (κ1) is 15.0. The van der Waals surface area contributed by atoms with Crippen LogP contribution in [-0.4, -0.2) is 13.3 Å². The normalized spacial score (nSPS) is 13.8. The van der Waals surface area contributed by atoms with Crippen molar-refractivity contribution < 1.29 is 18.1 Å². The van der Waals surface area contributed by atoms with Crippen molar-refractivity contribution in [3.63, 3.8) is 0 Å². The van der Waals surface area contributed by atoms with Crippen molar-refractivity contribution in [2.45, 2.75) is 11.5 Å². The van der Waals surface area contributed by atoms with Crippen molar-refractivity contribution in [2.24, 2.45) is 0 Å². The largest absolute Gasteiger partial charge is 0.495 e. The minimum atomic E-state index is -4.15. The van der Waals surface area contributed by atoms with E-state index in [1.807, 2.05) is 0 Å². The summed E-state index contributed by atoms with van der Waals surface area (Å²) in [5, 5.41) is 11.1. The number of nitro groups is 1. The van der Waals surface area contributed by atoms with E-state index < -0.39 is 20.6 Å². The number of ether oxygens (including phenoxy) is 1. The first-order valence-corrected chi connectivity index (χ1v) is 8.10. The van der Waals surface area contributed by atoms with E-state index in [-0.39, 0.29) is 11.5 Å². The van der Waals surface area contributed by atoms with Crippen molar-refractivity contribution in [1.29, 1.82) is 0 Å². The molecule has 0 aromatic heterocycles. The van der Waals surface area contributed by atoms with Crippen molar-refractivity contribution in [3.8, 4) is 0 Å². The lowest BCUT2D eigenvalue weighted by Crippen LogP contribution is -2.26. The zero-order valence-corrected chi connectivity index (χ0v) is 12.6. The van der Waals surface area contributed by atoms with Crippen LogP contribution in [0.3, 0.4) is 0 Å². The standard InChI is InChI=1S/C15H12N2O5S/c18-17(19)14-7-3-4-8-15(14)23(20,21)16-9-10-22-11-12-5-1-2-6-13(12)16/h1-10H,11H2. The molecule has 8 heteroatoms. The smallest absolute Gasteiger partial charge is 0.289 e. The number of rotatable bonds is 3. The van der Waals surface area contributed by atoms with Crippen LogP contribution in [0.5, 0.6) is 0 Å². The van der Waals surface area contributed by atoms with Crippen molar-refractivity contribution in [2.75, 3.05) is 4.31 Å². The summed E-state index contributed by atoms with van der Waals surface area (Å²) in [6.07, 6.45) is 2.50. The average Bonchev–Trinajstić information content (AvgIpc) is 2.77. The predicted octanol–water partition coefficient (Wildman–Crippen LogP) is 2.79. The molecule has 0 amide bonds. The Balaban J connectivity index is 2.20. The summed E-state index contributed by atoms with van der Waals surface area (Å²) < 4.78 is 32.1. The molecular formula is C15H12N2O5S. The van der Waals surface area contributed by atoms with Crippen molar-refractivity contribution in [1.82, 2.24) is 0 Å². The highest BCUT2D eigenvalue weighted by Gasteiger charge is 2.32. The maximum atomic E-state index is 12.9. The summed E-state index contributed by atoms with van der Waals surface area (Å²) in [4.78, 5) is 10.1. The van der Waals surface area contributed by atoms with Crippen molar-refractivity contribution >= 4 is 21.4 Å². The molecule has 0 radical (unpaired) electrons. The summed E-state index contributed by atoms with van der Waals surface area (Å²) >= 11 is 0. The Morgan fingerprint density at radius 3 is 2.57 bits per heavy atom. The van der Waals surface area contributed by atoms with Gasteiger partial charge in [-0.05, 0) is 12.1 Å². The Morgan fingerprint density at radius 2 is 1.78 bits per heavy atom. The van der Waals surface area contributed by atoms with E-state index in [0.717, 1.165) is 10.4 Å². The summed E-state index contributed by atoms with van der Waals surface area (Å²) in [6, 6.07) is 12.1. The monoisotopic (exact) mass is 332 g/mol. The van der Waals surface area contributed by atoms with E-state index in [4.69, 9.17) is 4.74 Å². The summed E-state index contributed by atoms with van der Waals surface area (Å²) in [7, 11) is -4.15. The number of benzene rings is 2. The number of hydrogen-bond donors (Lipinski definition) is 0. The molecule has 0 saturated carbocycles. The molecule has 0 atom stereocenters. The van der Waals surface area contributed by atoms with E-state index in [2.05, 4.69) is 0 Å². The molecule has 7 nitrogen and oxygen atoms in total. The molecular weight excluding hydrogens is 320 g/mol. The van der Waals surface area contributed by atoms with Gasteiger partial charge in [0, 0.05) is 11.6 Å². The van der Waals surface area contributed by atoms with Gasteiger partial charge in [0.15, 0.2) is 4.90 Å². The maximum Gasteiger partial charge on any atom is 0.289 e. The van der Waals surface area contributed by atoms with E-state index in [9.17, 15) is 18.5 Å². The molecule has 1 heterocycles. The first-order valence-electron chi connectivity index (χ1n) is 6.66. The molecule has 0 saturated heterocycles. The van der Waals surface area contributed by atoms with Crippen LogP contribution in [0.4, 0.5) is 11.4 Å². The van der Waals surface area contributed by atoms with Crippen LogP contribution in [0.1, 0.15) is 5.56 Å². The number of fused-ring (bicyclic) bond motifs is 1. The van der Waals surface area contributed by atoms with Crippen LogP contribution < -0.4 is 4.31 Å². The minimum absolute atomic E-state index is 0.218. The van der Waals surface area contributed by atoms with E-state index in [1.165, 1.54) is 30.7 Å². The maximum absolute atomic E-state index is 12.9. The number of nitrogens with zero attached hydrogens (tertiary/aromatic N) is 2. The topological polar surface area (TPSA) is 89.8 Å². The lowest BCUT2D eigenvalue weighted by molar-refractivity contribution is -0.387. The second kappa shape index (κ2) is 5.73. The number of sulfonamides is 1. The van der Waals surface area contributed by atoms with Gasteiger partial charge in [-0.25, -0.2) is 12.7 Å². The highest BCUT2D eigenvalue weighted by Crippen LogP contribution is 2.33. The zero-order chi connectivity index (χ0) is 16.4. The molecule has 0 spiro atoms. The molecule has 2 aromatic carbocycles. The van der Waals surface area contributed by atoms with Gasteiger partial charge in [0.2, 0.25) is 0 Å². The number of hydrogen-bond acceptors (Lipinski definition) is 5. The molecule has 3 rings (SSSR count). The molecule has 1 aliphatic rings. The fourth-order valence-corrected chi connectivity index (χ4v) is 3.82. The van der Waals surface area contributed by atoms with Crippen LogP contribution in [0.25, 0.3) is 0 Å². The summed E-state index contributed by atoms with van der Waals surface area (Å²) in [6.45, 7) is 0.218. The second-order valence-corrected chi connectivity index (χ2v) is 6.53. The number of anilines is 1. The third-order valence-corrected chi connectivity index (χ3v) is 5.10. The molecule has 0 aliphatic carbocycles. The minimum Gasteiger partial charge on any atom is -0.495 e. The number of para-hydroxylation sites is 2. The van der Waals surface area contributed by atoms with Gasteiger partial charge in [-0.1, -0.05) is 30.3 Å². The van der Waals surface area contributed by atoms with E-state index >= 15 is 0 Å². The van der Waals surface area contributed by atoms with Gasteiger partial charge in [-0.2, -0.15) is 0 Å². The molecule has 0 fully saturated rings. The predicted molar refractivity (Wildman–Crippen MR) is 83.1 cm³/mol. The van der Waals surface area contributed by atoms with E-state index in [1.54, 1.807) is 24.3 Å². The lowest BCUT2D eigenvalue weighted by Gasteiger charge is -2.20. The van der Waals surface area contributed by atoms with Gasteiger partial charge in [0.1, 0.15) is 12.9 Å². The first-order chi connectivity index (χ1) is 11.0. The average molecular weight is 332 g/mol. The van der Waals surface area contributed by atoms with Gasteiger partial charge in [0.05, 0.1) is 16.8 Å². The second-order valence-electron chi connectivity index (χ2n) is 4.75. The Bertz CT molecular complexity index is 892. The van der Waals surface area contributed by atoms with Gasteiger partial charge in [-0.15, -0.1) is 0 Å².